The lowest BCUT2D eigenvalue weighted by Gasteiger charge is -2.19. The zero-order chi connectivity index (χ0) is 15.9. The van der Waals surface area contributed by atoms with E-state index < -0.39 is 0 Å². The number of ether oxygens (including phenoxy) is 2. The summed E-state index contributed by atoms with van der Waals surface area (Å²) < 4.78 is 11.5. The molecule has 1 amide bonds. The predicted molar refractivity (Wildman–Crippen MR) is 88.8 cm³/mol. The Kier molecular flexibility index (Phi) is 5.83. The Labute approximate surface area is 138 Å². The molecular weight excluding hydrogens is 346 g/mol. The van der Waals surface area contributed by atoms with E-state index in [0.717, 1.165) is 21.3 Å². The van der Waals surface area contributed by atoms with E-state index in [2.05, 4.69) is 15.9 Å². The summed E-state index contributed by atoms with van der Waals surface area (Å²) in [4.78, 5) is 13.6. The van der Waals surface area contributed by atoms with Crippen LogP contribution in [0.3, 0.4) is 0 Å². The molecule has 0 aromatic heterocycles. The van der Waals surface area contributed by atoms with Gasteiger partial charge in [-0.05, 0) is 27.6 Å². The minimum absolute atomic E-state index is 0.264. The molecule has 0 saturated carbocycles. The maximum Gasteiger partial charge on any atom is 0.410 e. The predicted octanol–water partition coefficient (Wildman–Crippen LogP) is 4.23. The summed E-state index contributed by atoms with van der Waals surface area (Å²) in [5, 5.41) is 0. The van der Waals surface area contributed by atoms with Crippen molar-refractivity contribution in [2.24, 2.45) is 0 Å². The average Bonchev–Trinajstić information content (AvgIpc) is 2.53. The molecule has 4 nitrogen and oxygen atoms in total. The van der Waals surface area contributed by atoms with Crippen molar-refractivity contribution in [1.82, 2.24) is 4.90 Å². The molecule has 2 aromatic rings. The van der Waals surface area contributed by atoms with Crippen molar-refractivity contribution in [3.8, 4) is 5.75 Å². The Hall–Kier alpha value is -2.01. The minimum atomic E-state index is -0.370. The summed E-state index contributed by atoms with van der Waals surface area (Å²) in [7, 11) is 3.31. The molecule has 0 spiro atoms. The van der Waals surface area contributed by atoms with E-state index in [-0.39, 0.29) is 12.7 Å². The lowest BCUT2D eigenvalue weighted by molar-refractivity contribution is 0.102. The quantitative estimate of drug-likeness (QED) is 0.797. The highest BCUT2D eigenvalue weighted by molar-refractivity contribution is 9.10. The van der Waals surface area contributed by atoms with Gasteiger partial charge in [0.05, 0.1) is 18.1 Å². The van der Waals surface area contributed by atoms with Crippen LogP contribution < -0.4 is 4.74 Å². The number of methoxy groups -OCH3 is 1. The van der Waals surface area contributed by atoms with Crippen LogP contribution in [0, 0.1) is 0 Å². The standard InChI is InChI=1S/C17H18BrNO3/c1-19(11-14-9-6-10-15(18)16(14)21-2)17(20)22-12-13-7-4-3-5-8-13/h3-10H,11-12H2,1-2H3. The maximum absolute atomic E-state index is 12.1. The van der Waals surface area contributed by atoms with E-state index in [1.54, 1.807) is 14.2 Å². The van der Waals surface area contributed by atoms with E-state index >= 15 is 0 Å². The molecule has 0 unspecified atom stereocenters. The molecule has 22 heavy (non-hydrogen) atoms. The Morgan fingerprint density at radius 3 is 2.55 bits per heavy atom. The van der Waals surface area contributed by atoms with Crippen molar-refractivity contribution in [2.45, 2.75) is 13.2 Å². The number of hydrogen-bond donors (Lipinski definition) is 0. The van der Waals surface area contributed by atoms with E-state index in [4.69, 9.17) is 9.47 Å². The van der Waals surface area contributed by atoms with Crippen LogP contribution >= 0.6 is 15.9 Å². The SMILES string of the molecule is COc1c(Br)cccc1CN(C)C(=O)OCc1ccccc1. The van der Waals surface area contributed by atoms with Gasteiger partial charge in [0, 0.05) is 12.6 Å². The molecule has 116 valence electrons. The van der Waals surface area contributed by atoms with Crippen LogP contribution in [0.25, 0.3) is 0 Å². The maximum atomic E-state index is 12.1. The molecule has 5 heteroatoms. The summed E-state index contributed by atoms with van der Waals surface area (Å²) >= 11 is 3.44. The fourth-order valence-electron chi connectivity index (χ4n) is 2.06. The molecule has 2 rings (SSSR count). The minimum Gasteiger partial charge on any atom is -0.495 e. The molecule has 0 N–H and O–H groups in total. The van der Waals surface area contributed by atoms with Gasteiger partial charge in [-0.1, -0.05) is 42.5 Å². The van der Waals surface area contributed by atoms with Gasteiger partial charge in [0.25, 0.3) is 0 Å². The van der Waals surface area contributed by atoms with Crippen molar-refractivity contribution >= 4 is 22.0 Å². The summed E-state index contributed by atoms with van der Waals surface area (Å²) in [6.45, 7) is 0.676. The highest BCUT2D eigenvalue weighted by Crippen LogP contribution is 2.29. The van der Waals surface area contributed by atoms with Gasteiger partial charge in [-0.15, -0.1) is 0 Å². The largest absolute Gasteiger partial charge is 0.495 e. The van der Waals surface area contributed by atoms with Gasteiger partial charge in [-0.2, -0.15) is 0 Å². The van der Waals surface area contributed by atoms with Crippen molar-refractivity contribution < 1.29 is 14.3 Å². The fourth-order valence-corrected chi connectivity index (χ4v) is 2.63. The lowest BCUT2D eigenvalue weighted by atomic mass is 10.2. The van der Waals surface area contributed by atoms with Crippen LogP contribution in [-0.4, -0.2) is 25.2 Å². The van der Waals surface area contributed by atoms with Gasteiger partial charge < -0.3 is 14.4 Å². The topological polar surface area (TPSA) is 38.8 Å². The molecule has 0 radical (unpaired) electrons. The van der Waals surface area contributed by atoms with Crippen LogP contribution in [-0.2, 0) is 17.9 Å². The van der Waals surface area contributed by atoms with Gasteiger partial charge in [-0.3, -0.25) is 0 Å². The zero-order valence-corrected chi connectivity index (χ0v) is 14.2. The molecule has 0 aliphatic rings. The smallest absolute Gasteiger partial charge is 0.410 e. The number of benzene rings is 2. The van der Waals surface area contributed by atoms with Crippen molar-refractivity contribution in [2.75, 3.05) is 14.2 Å². The van der Waals surface area contributed by atoms with E-state index in [0.29, 0.717) is 6.54 Å². The van der Waals surface area contributed by atoms with Crippen LogP contribution in [0.2, 0.25) is 0 Å². The molecule has 0 atom stereocenters. The number of nitrogens with zero attached hydrogens (tertiary/aromatic N) is 1. The molecule has 0 bridgehead atoms. The first kappa shape index (κ1) is 16.4. The number of rotatable bonds is 5. The Morgan fingerprint density at radius 1 is 1.14 bits per heavy atom. The van der Waals surface area contributed by atoms with E-state index in [1.165, 1.54) is 4.90 Å². The first-order valence-corrected chi connectivity index (χ1v) is 7.64. The van der Waals surface area contributed by atoms with Gasteiger partial charge >= 0.3 is 6.09 Å². The highest BCUT2D eigenvalue weighted by Gasteiger charge is 2.14. The van der Waals surface area contributed by atoms with Crippen molar-refractivity contribution in [3.63, 3.8) is 0 Å². The number of carbonyl (C=O) groups excluding carboxylic acids is 1. The number of para-hydroxylation sites is 1. The molecule has 0 aliphatic heterocycles. The number of halogens is 1. The molecule has 2 aromatic carbocycles. The normalized spacial score (nSPS) is 10.1. The van der Waals surface area contributed by atoms with Crippen LogP contribution in [0.4, 0.5) is 4.79 Å². The molecule has 0 fully saturated rings. The third-order valence-electron chi connectivity index (χ3n) is 3.18. The van der Waals surface area contributed by atoms with Crippen molar-refractivity contribution in [1.29, 1.82) is 0 Å². The second-order valence-corrected chi connectivity index (χ2v) is 5.68. The Balaban J connectivity index is 1.95. The van der Waals surface area contributed by atoms with E-state index in [9.17, 15) is 4.79 Å². The first-order valence-electron chi connectivity index (χ1n) is 6.85. The second-order valence-electron chi connectivity index (χ2n) is 4.83. The summed E-state index contributed by atoms with van der Waals surface area (Å²) in [6, 6.07) is 15.3. The Morgan fingerprint density at radius 2 is 1.86 bits per heavy atom. The van der Waals surface area contributed by atoms with Gasteiger partial charge in [0.15, 0.2) is 0 Å². The number of amides is 1. The summed E-state index contributed by atoms with van der Waals surface area (Å²) in [5.41, 5.74) is 1.88. The van der Waals surface area contributed by atoms with Crippen LogP contribution in [0.15, 0.2) is 53.0 Å². The molecule has 0 aliphatic carbocycles. The lowest BCUT2D eigenvalue weighted by Crippen LogP contribution is -2.27. The molecular formula is C17H18BrNO3. The van der Waals surface area contributed by atoms with Gasteiger partial charge in [-0.25, -0.2) is 4.79 Å². The third-order valence-corrected chi connectivity index (χ3v) is 3.80. The Bertz CT molecular complexity index is 631. The second kappa shape index (κ2) is 7.84. The highest BCUT2D eigenvalue weighted by atomic mass is 79.9. The van der Waals surface area contributed by atoms with E-state index in [1.807, 2.05) is 48.5 Å². The average molecular weight is 364 g/mol. The molecule has 0 saturated heterocycles. The number of hydrogen-bond acceptors (Lipinski definition) is 3. The van der Waals surface area contributed by atoms with Crippen molar-refractivity contribution in [3.05, 3.63) is 64.1 Å². The summed E-state index contributed by atoms with van der Waals surface area (Å²) in [5.74, 6) is 0.727. The van der Waals surface area contributed by atoms with Gasteiger partial charge in [0.2, 0.25) is 0 Å². The number of carbonyl (C=O) groups is 1. The van der Waals surface area contributed by atoms with Crippen LogP contribution in [0.1, 0.15) is 11.1 Å². The zero-order valence-electron chi connectivity index (χ0n) is 12.6. The first-order chi connectivity index (χ1) is 10.6. The fraction of sp³-hybridized carbons (Fsp3) is 0.235. The van der Waals surface area contributed by atoms with Gasteiger partial charge in [0.1, 0.15) is 12.4 Å². The monoisotopic (exact) mass is 363 g/mol. The third kappa shape index (κ3) is 4.24. The molecule has 0 heterocycles. The summed E-state index contributed by atoms with van der Waals surface area (Å²) in [6.07, 6.45) is -0.370. The van der Waals surface area contributed by atoms with Crippen LogP contribution in [0.5, 0.6) is 5.75 Å².